The van der Waals surface area contributed by atoms with E-state index in [9.17, 15) is 13.2 Å². The number of sulfonamides is 1. The molecule has 3 rings (SSSR count). The molecule has 1 amide bonds. The topological polar surface area (TPSA) is 66.5 Å². The van der Waals surface area contributed by atoms with Gasteiger partial charge in [-0.3, -0.25) is 9.10 Å². The van der Waals surface area contributed by atoms with E-state index in [1.54, 1.807) is 16.4 Å². The van der Waals surface area contributed by atoms with Gasteiger partial charge in [0.1, 0.15) is 0 Å². The number of rotatable bonds is 6. The van der Waals surface area contributed by atoms with Gasteiger partial charge < -0.3 is 5.32 Å². The van der Waals surface area contributed by atoms with Crippen LogP contribution in [0, 0.1) is 0 Å². The standard InChI is InChI=1S/C21H24N2O3S/c1-2-21(24)22-17-13-15-20(16-14-17)27(25,26)23(18-9-5-3-6-10-18)19-11-7-4-8-12-19/h2-3,5-6,9-10,13-16,19H,1,4,7-8,11-12H2,(H,22,24). The molecular formula is C21H24N2O3S. The van der Waals surface area contributed by atoms with Crippen LogP contribution >= 0.6 is 0 Å². The molecule has 1 saturated carbocycles. The quantitative estimate of drug-likeness (QED) is 0.754. The van der Waals surface area contributed by atoms with E-state index in [0.717, 1.165) is 32.1 Å². The fourth-order valence-corrected chi connectivity index (χ4v) is 5.16. The van der Waals surface area contributed by atoms with Crippen LogP contribution in [0.2, 0.25) is 0 Å². The predicted octanol–water partition coefficient (Wildman–Crippen LogP) is 4.34. The Morgan fingerprint density at radius 1 is 1.00 bits per heavy atom. The van der Waals surface area contributed by atoms with Crippen molar-refractivity contribution in [2.45, 2.75) is 43.0 Å². The zero-order valence-corrected chi connectivity index (χ0v) is 16.0. The maximum Gasteiger partial charge on any atom is 0.264 e. The van der Waals surface area contributed by atoms with Crippen molar-refractivity contribution in [1.29, 1.82) is 0 Å². The van der Waals surface area contributed by atoms with Crippen LogP contribution in [0.15, 0.2) is 72.1 Å². The van der Waals surface area contributed by atoms with Crippen LogP contribution < -0.4 is 9.62 Å². The third-order valence-electron chi connectivity index (χ3n) is 4.78. The number of amides is 1. The van der Waals surface area contributed by atoms with Crippen molar-refractivity contribution in [1.82, 2.24) is 0 Å². The monoisotopic (exact) mass is 384 g/mol. The maximum absolute atomic E-state index is 13.4. The predicted molar refractivity (Wildman–Crippen MR) is 108 cm³/mol. The Morgan fingerprint density at radius 2 is 1.63 bits per heavy atom. The zero-order chi connectivity index (χ0) is 19.3. The summed E-state index contributed by atoms with van der Waals surface area (Å²) in [6, 6.07) is 15.5. The van der Waals surface area contributed by atoms with Gasteiger partial charge in [-0.2, -0.15) is 0 Å². The molecule has 0 atom stereocenters. The maximum atomic E-state index is 13.4. The van der Waals surface area contributed by atoms with Crippen LogP contribution in [0.3, 0.4) is 0 Å². The molecule has 1 aliphatic rings. The van der Waals surface area contributed by atoms with Gasteiger partial charge in [0, 0.05) is 11.7 Å². The molecule has 0 saturated heterocycles. The Morgan fingerprint density at radius 3 is 2.22 bits per heavy atom. The summed E-state index contributed by atoms with van der Waals surface area (Å²) >= 11 is 0. The van der Waals surface area contributed by atoms with Crippen molar-refractivity contribution in [2.24, 2.45) is 0 Å². The number of carbonyl (C=O) groups excluding carboxylic acids is 1. The van der Waals surface area contributed by atoms with Crippen molar-refractivity contribution >= 4 is 27.3 Å². The summed E-state index contributed by atoms with van der Waals surface area (Å²) in [6.07, 6.45) is 6.12. The number of nitrogens with one attached hydrogen (secondary N) is 1. The Hall–Kier alpha value is -2.60. The first-order valence-corrected chi connectivity index (χ1v) is 10.6. The number of para-hydroxylation sites is 1. The van der Waals surface area contributed by atoms with Crippen molar-refractivity contribution in [3.63, 3.8) is 0 Å². The van der Waals surface area contributed by atoms with Gasteiger partial charge in [0.15, 0.2) is 0 Å². The van der Waals surface area contributed by atoms with Gasteiger partial charge in [-0.1, -0.05) is 44.0 Å². The molecule has 142 valence electrons. The van der Waals surface area contributed by atoms with Crippen LogP contribution in [0.1, 0.15) is 32.1 Å². The first-order valence-electron chi connectivity index (χ1n) is 9.15. The van der Waals surface area contributed by atoms with Gasteiger partial charge in [0.2, 0.25) is 5.91 Å². The summed E-state index contributed by atoms with van der Waals surface area (Å²) < 4.78 is 28.5. The summed E-state index contributed by atoms with van der Waals surface area (Å²) in [5.41, 5.74) is 1.22. The lowest BCUT2D eigenvalue weighted by molar-refractivity contribution is -0.111. The first-order chi connectivity index (χ1) is 13.0. The number of carbonyl (C=O) groups is 1. The molecule has 0 radical (unpaired) electrons. The van der Waals surface area contributed by atoms with Crippen LogP contribution in [-0.2, 0) is 14.8 Å². The fraction of sp³-hybridized carbons (Fsp3) is 0.286. The molecule has 2 aromatic rings. The Kier molecular flexibility index (Phi) is 5.96. The summed E-state index contributed by atoms with van der Waals surface area (Å²) in [5.74, 6) is -0.335. The highest BCUT2D eigenvalue weighted by atomic mass is 32.2. The molecule has 0 aromatic heterocycles. The van der Waals surface area contributed by atoms with Gasteiger partial charge in [0.25, 0.3) is 10.0 Å². The minimum atomic E-state index is -3.70. The van der Waals surface area contributed by atoms with Crippen molar-refractivity contribution in [2.75, 3.05) is 9.62 Å². The summed E-state index contributed by atoms with van der Waals surface area (Å²) in [6.45, 7) is 3.41. The molecule has 5 nitrogen and oxygen atoms in total. The van der Waals surface area contributed by atoms with E-state index in [4.69, 9.17) is 0 Å². The molecule has 1 N–H and O–H groups in total. The highest BCUT2D eigenvalue weighted by Crippen LogP contribution is 2.32. The second-order valence-corrected chi connectivity index (χ2v) is 8.46. The van der Waals surface area contributed by atoms with Crippen molar-refractivity contribution in [3.8, 4) is 0 Å². The summed E-state index contributed by atoms with van der Waals surface area (Å²) in [5, 5.41) is 2.63. The third kappa shape index (κ3) is 4.39. The lowest BCUT2D eigenvalue weighted by Crippen LogP contribution is -2.41. The minimum Gasteiger partial charge on any atom is -0.323 e. The van der Waals surface area contributed by atoms with E-state index >= 15 is 0 Å². The normalized spacial score (nSPS) is 15.1. The lowest BCUT2D eigenvalue weighted by atomic mass is 9.95. The van der Waals surface area contributed by atoms with E-state index in [0.29, 0.717) is 11.4 Å². The number of nitrogens with zero attached hydrogens (tertiary/aromatic N) is 1. The van der Waals surface area contributed by atoms with E-state index in [-0.39, 0.29) is 16.8 Å². The number of benzene rings is 2. The lowest BCUT2D eigenvalue weighted by Gasteiger charge is -2.35. The van der Waals surface area contributed by atoms with Crippen LogP contribution in [0.25, 0.3) is 0 Å². The largest absolute Gasteiger partial charge is 0.323 e. The Bertz CT molecular complexity index is 887. The Balaban J connectivity index is 1.95. The van der Waals surface area contributed by atoms with Crippen molar-refractivity contribution < 1.29 is 13.2 Å². The average molecular weight is 385 g/mol. The average Bonchev–Trinajstić information content (AvgIpc) is 2.70. The van der Waals surface area contributed by atoms with Gasteiger partial charge in [-0.25, -0.2) is 8.42 Å². The van der Waals surface area contributed by atoms with Crippen LogP contribution in [-0.4, -0.2) is 20.4 Å². The molecule has 1 fully saturated rings. The highest BCUT2D eigenvalue weighted by Gasteiger charge is 2.32. The fourth-order valence-electron chi connectivity index (χ4n) is 3.45. The van der Waals surface area contributed by atoms with E-state index in [2.05, 4.69) is 11.9 Å². The summed E-state index contributed by atoms with van der Waals surface area (Å²) in [4.78, 5) is 11.6. The van der Waals surface area contributed by atoms with Crippen LogP contribution in [0.5, 0.6) is 0 Å². The van der Waals surface area contributed by atoms with Gasteiger partial charge in [-0.05, 0) is 55.3 Å². The smallest absolute Gasteiger partial charge is 0.264 e. The van der Waals surface area contributed by atoms with E-state index in [1.807, 2.05) is 30.3 Å². The second kappa shape index (κ2) is 8.39. The Labute approximate surface area is 160 Å². The van der Waals surface area contributed by atoms with E-state index in [1.165, 1.54) is 18.2 Å². The van der Waals surface area contributed by atoms with Gasteiger partial charge in [0.05, 0.1) is 10.6 Å². The first kappa shape index (κ1) is 19.2. The third-order valence-corrected chi connectivity index (χ3v) is 6.68. The van der Waals surface area contributed by atoms with Crippen LogP contribution in [0.4, 0.5) is 11.4 Å². The zero-order valence-electron chi connectivity index (χ0n) is 15.2. The molecule has 0 unspecified atom stereocenters. The molecular weight excluding hydrogens is 360 g/mol. The van der Waals surface area contributed by atoms with Gasteiger partial charge >= 0.3 is 0 Å². The molecule has 0 aliphatic heterocycles. The molecule has 0 spiro atoms. The minimum absolute atomic E-state index is 0.0358. The van der Waals surface area contributed by atoms with Crippen molar-refractivity contribution in [3.05, 3.63) is 67.3 Å². The highest BCUT2D eigenvalue weighted by molar-refractivity contribution is 7.92. The molecule has 1 aliphatic carbocycles. The summed E-state index contributed by atoms with van der Waals surface area (Å²) in [7, 11) is -3.70. The molecule has 27 heavy (non-hydrogen) atoms. The molecule has 6 heteroatoms. The SMILES string of the molecule is C=CC(=O)Nc1ccc(S(=O)(=O)N(c2ccccc2)C2CCCCC2)cc1. The van der Waals surface area contributed by atoms with Gasteiger partial charge in [-0.15, -0.1) is 0 Å². The molecule has 0 heterocycles. The number of hydrogen-bond donors (Lipinski definition) is 1. The van der Waals surface area contributed by atoms with E-state index < -0.39 is 10.0 Å². The molecule has 0 bridgehead atoms. The number of anilines is 2. The molecule has 2 aromatic carbocycles. The number of hydrogen-bond acceptors (Lipinski definition) is 3. The second-order valence-electron chi connectivity index (χ2n) is 6.65.